The zero-order chi connectivity index (χ0) is 20.4. The standard InChI is InChI=1S/C29H42/c1-3-5-7-9-11-17-23-29(24-18-12-10-8-6-4-2)27-21-15-13-19-25(27)26-20-14-16-22-28(26)29/h13-16,19-22H,3-12,17-18,23-24H2,1-2H3. The average Bonchev–Trinajstić information content (AvgIpc) is 3.04. The molecule has 0 heteroatoms. The van der Waals surface area contributed by atoms with E-state index in [4.69, 9.17) is 0 Å². The van der Waals surface area contributed by atoms with Crippen molar-refractivity contribution in [1.29, 1.82) is 0 Å². The van der Waals surface area contributed by atoms with E-state index in [0.29, 0.717) is 0 Å². The van der Waals surface area contributed by atoms with Crippen molar-refractivity contribution in [2.75, 3.05) is 0 Å². The van der Waals surface area contributed by atoms with Crippen molar-refractivity contribution >= 4 is 0 Å². The molecular weight excluding hydrogens is 348 g/mol. The van der Waals surface area contributed by atoms with E-state index in [1.807, 2.05) is 0 Å². The van der Waals surface area contributed by atoms with Crippen molar-refractivity contribution in [2.24, 2.45) is 0 Å². The van der Waals surface area contributed by atoms with Gasteiger partial charge in [0, 0.05) is 5.41 Å². The van der Waals surface area contributed by atoms with Crippen LogP contribution in [0.3, 0.4) is 0 Å². The van der Waals surface area contributed by atoms with Crippen LogP contribution in [-0.4, -0.2) is 0 Å². The van der Waals surface area contributed by atoms with E-state index in [0.717, 1.165) is 0 Å². The molecule has 0 aliphatic heterocycles. The molecule has 0 aromatic heterocycles. The van der Waals surface area contributed by atoms with Crippen molar-refractivity contribution in [2.45, 2.75) is 109 Å². The summed E-state index contributed by atoms with van der Waals surface area (Å²) in [6, 6.07) is 18.6. The topological polar surface area (TPSA) is 0 Å². The lowest BCUT2D eigenvalue weighted by molar-refractivity contribution is 0.398. The largest absolute Gasteiger partial charge is 0.0654 e. The van der Waals surface area contributed by atoms with Gasteiger partial charge in [-0.15, -0.1) is 0 Å². The zero-order valence-corrected chi connectivity index (χ0v) is 19.0. The smallest absolute Gasteiger partial charge is 0.0215 e. The molecule has 29 heavy (non-hydrogen) atoms. The summed E-state index contributed by atoms with van der Waals surface area (Å²) in [4.78, 5) is 0. The first kappa shape index (κ1) is 22.1. The Balaban J connectivity index is 1.75. The van der Waals surface area contributed by atoms with E-state index in [1.54, 1.807) is 11.1 Å². The molecule has 2 aromatic carbocycles. The minimum absolute atomic E-state index is 0.253. The predicted molar refractivity (Wildman–Crippen MR) is 129 cm³/mol. The number of benzene rings is 2. The van der Waals surface area contributed by atoms with Crippen LogP contribution in [-0.2, 0) is 5.41 Å². The second kappa shape index (κ2) is 11.6. The molecule has 0 amide bonds. The lowest BCUT2D eigenvalue weighted by atomic mass is 9.70. The van der Waals surface area contributed by atoms with E-state index in [1.165, 1.54) is 101 Å². The molecule has 0 saturated heterocycles. The second-order valence-corrected chi connectivity index (χ2v) is 9.21. The molecule has 3 rings (SSSR count). The van der Waals surface area contributed by atoms with Crippen molar-refractivity contribution in [1.82, 2.24) is 0 Å². The van der Waals surface area contributed by atoms with E-state index >= 15 is 0 Å². The van der Waals surface area contributed by atoms with Gasteiger partial charge in [-0.3, -0.25) is 0 Å². The zero-order valence-electron chi connectivity index (χ0n) is 19.0. The van der Waals surface area contributed by atoms with Gasteiger partial charge in [-0.2, -0.15) is 0 Å². The number of unbranched alkanes of at least 4 members (excludes halogenated alkanes) is 10. The first-order chi connectivity index (χ1) is 14.3. The Kier molecular flexibility index (Phi) is 8.84. The summed E-state index contributed by atoms with van der Waals surface area (Å²) < 4.78 is 0. The van der Waals surface area contributed by atoms with E-state index < -0.39 is 0 Å². The highest BCUT2D eigenvalue weighted by atomic mass is 14.4. The molecular formula is C29H42. The highest BCUT2D eigenvalue weighted by molar-refractivity contribution is 5.80. The first-order valence-corrected chi connectivity index (χ1v) is 12.5. The molecule has 0 N–H and O–H groups in total. The van der Waals surface area contributed by atoms with Gasteiger partial charge in [0.2, 0.25) is 0 Å². The van der Waals surface area contributed by atoms with Gasteiger partial charge in [0.05, 0.1) is 0 Å². The number of rotatable bonds is 14. The number of hydrogen-bond acceptors (Lipinski definition) is 0. The second-order valence-electron chi connectivity index (χ2n) is 9.21. The molecule has 1 aliphatic carbocycles. The SMILES string of the molecule is CCCCCCCCC1(CCCCCCCC)c2ccccc2-c2ccccc21. The highest BCUT2D eigenvalue weighted by Crippen LogP contribution is 2.53. The first-order valence-electron chi connectivity index (χ1n) is 12.5. The van der Waals surface area contributed by atoms with Crippen LogP contribution in [0, 0.1) is 0 Å². The van der Waals surface area contributed by atoms with Crippen LogP contribution in [0.4, 0.5) is 0 Å². The Morgan fingerprint density at radius 2 is 0.862 bits per heavy atom. The summed E-state index contributed by atoms with van der Waals surface area (Å²) in [7, 11) is 0. The van der Waals surface area contributed by atoms with E-state index in [9.17, 15) is 0 Å². The van der Waals surface area contributed by atoms with Crippen molar-refractivity contribution in [3.05, 3.63) is 59.7 Å². The van der Waals surface area contributed by atoms with Crippen LogP contribution in [0.1, 0.15) is 115 Å². The van der Waals surface area contributed by atoms with Gasteiger partial charge >= 0.3 is 0 Å². The third kappa shape index (κ3) is 5.33. The van der Waals surface area contributed by atoms with E-state index in [-0.39, 0.29) is 5.41 Å². The fourth-order valence-corrected chi connectivity index (χ4v) is 5.49. The molecule has 0 radical (unpaired) electrons. The van der Waals surface area contributed by atoms with Gasteiger partial charge in [0.15, 0.2) is 0 Å². The van der Waals surface area contributed by atoms with E-state index in [2.05, 4.69) is 62.4 Å². The molecule has 0 spiro atoms. The summed E-state index contributed by atoms with van der Waals surface area (Å²) in [6.07, 6.45) is 19.3. The Morgan fingerprint density at radius 3 is 1.31 bits per heavy atom. The molecule has 0 bridgehead atoms. The molecule has 0 unspecified atom stereocenters. The van der Waals surface area contributed by atoms with Crippen molar-refractivity contribution < 1.29 is 0 Å². The number of hydrogen-bond donors (Lipinski definition) is 0. The van der Waals surface area contributed by atoms with Gasteiger partial charge in [0.1, 0.15) is 0 Å². The maximum atomic E-state index is 2.43. The quantitative estimate of drug-likeness (QED) is 0.282. The maximum absolute atomic E-state index is 2.43. The number of fused-ring (bicyclic) bond motifs is 3. The lowest BCUT2D eigenvalue weighted by Crippen LogP contribution is -2.25. The third-order valence-electron chi connectivity index (χ3n) is 7.09. The summed E-state index contributed by atoms with van der Waals surface area (Å²) in [5.41, 5.74) is 6.48. The molecule has 0 fully saturated rings. The Bertz CT molecular complexity index is 663. The Morgan fingerprint density at radius 1 is 0.483 bits per heavy atom. The van der Waals surface area contributed by atoms with Gasteiger partial charge in [-0.25, -0.2) is 0 Å². The minimum atomic E-state index is 0.253. The molecule has 0 heterocycles. The Hall–Kier alpha value is -1.56. The lowest BCUT2D eigenvalue weighted by Gasteiger charge is -2.33. The average molecular weight is 391 g/mol. The van der Waals surface area contributed by atoms with Crippen molar-refractivity contribution in [3.8, 4) is 11.1 Å². The molecule has 0 saturated carbocycles. The maximum Gasteiger partial charge on any atom is 0.0215 e. The highest BCUT2D eigenvalue weighted by Gasteiger charge is 2.41. The van der Waals surface area contributed by atoms with Gasteiger partial charge in [-0.05, 0) is 35.1 Å². The fourth-order valence-electron chi connectivity index (χ4n) is 5.49. The monoisotopic (exact) mass is 390 g/mol. The fraction of sp³-hybridized carbons (Fsp3) is 0.586. The molecule has 158 valence electrons. The summed E-state index contributed by atoms with van der Waals surface area (Å²) in [5, 5.41) is 0. The van der Waals surface area contributed by atoms with Crippen LogP contribution < -0.4 is 0 Å². The van der Waals surface area contributed by atoms with Gasteiger partial charge in [0.25, 0.3) is 0 Å². The minimum Gasteiger partial charge on any atom is -0.0654 e. The van der Waals surface area contributed by atoms with Crippen LogP contribution in [0.2, 0.25) is 0 Å². The van der Waals surface area contributed by atoms with Crippen LogP contribution in [0.5, 0.6) is 0 Å². The Labute approximate surface area is 180 Å². The van der Waals surface area contributed by atoms with Crippen LogP contribution in [0.15, 0.2) is 48.5 Å². The van der Waals surface area contributed by atoms with Crippen LogP contribution in [0.25, 0.3) is 11.1 Å². The molecule has 2 aromatic rings. The molecule has 0 atom stereocenters. The summed E-state index contributed by atoms with van der Waals surface area (Å²) in [5.74, 6) is 0. The summed E-state index contributed by atoms with van der Waals surface area (Å²) in [6.45, 7) is 4.61. The summed E-state index contributed by atoms with van der Waals surface area (Å²) >= 11 is 0. The normalized spacial score (nSPS) is 14.0. The van der Waals surface area contributed by atoms with Crippen LogP contribution >= 0.6 is 0 Å². The third-order valence-corrected chi connectivity index (χ3v) is 7.09. The predicted octanol–water partition coefficient (Wildman–Crippen LogP) is 9.45. The van der Waals surface area contributed by atoms with Gasteiger partial charge in [-0.1, -0.05) is 139 Å². The van der Waals surface area contributed by atoms with Crippen molar-refractivity contribution in [3.63, 3.8) is 0 Å². The van der Waals surface area contributed by atoms with Gasteiger partial charge < -0.3 is 0 Å². The molecule has 0 nitrogen and oxygen atoms in total. The molecule has 1 aliphatic rings.